The molecule has 2 rings (SSSR count). The SMILES string of the molecule is CCC1=CC(CC)=[C]([Hf]([CH3])([CH3])(=[SiH2])[C]2=C(CC)C=C(CC)C2)C1.Cl.Cl. The van der Waals surface area contributed by atoms with Crippen molar-refractivity contribution in [3.05, 3.63) is 41.1 Å². The molecule has 2 aliphatic rings. The molecule has 138 valence electrons. The fourth-order valence-corrected chi connectivity index (χ4v) is 26.3. The minimum atomic E-state index is -3.10. The maximum atomic E-state index is 2.71. The molecule has 0 aromatic carbocycles. The van der Waals surface area contributed by atoms with E-state index in [0.717, 1.165) is 0 Å². The molecule has 0 heterocycles. The van der Waals surface area contributed by atoms with E-state index in [1.165, 1.54) is 38.5 Å². The van der Waals surface area contributed by atoms with Crippen molar-refractivity contribution in [3.63, 3.8) is 0 Å². The number of hydrogen-bond acceptors (Lipinski definition) is 0. The Bertz CT molecular complexity index is 620. The van der Waals surface area contributed by atoms with Gasteiger partial charge in [-0.25, -0.2) is 0 Å². The van der Waals surface area contributed by atoms with Crippen molar-refractivity contribution < 1.29 is 17.1 Å². The summed E-state index contributed by atoms with van der Waals surface area (Å²) in [5.41, 5.74) is 6.73. The van der Waals surface area contributed by atoms with Gasteiger partial charge in [-0.3, -0.25) is 0 Å². The Morgan fingerprint density at radius 1 is 0.750 bits per heavy atom. The van der Waals surface area contributed by atoms with Crippen molar-refractivity contribution in [3.8, 4) is 0 Å². The van der Waals surface area contributed by atoms with Crippen molar-refractivity contribution in [2.45, 2.75) is 75.6 Å². The summed E-state index contributed by atoms with van der Waals surface area (Å²) >= 11 is -3.10. The molecule has 0 aromatic rings. The Morgan fingerprint density at radius 3 is 1.33 bits per heavy atom. The molecule has 0 aromatic heterocycles. The van der Waals surface area contributed by atoms with Crippen LogP contribution < -0.4 is 0 Å². The van der Waals surface area contributed by atoms with Crippen LogP contribution >= 0.6 is 24.8 Å². The van der Waals surface area contributed by atoms with E-state index in [1.807, 2.05) is 6.66 Å². The van der Waals surface area contributed by atoms with Crippen LogP contribution in [0.2, 0.25) is 9.36 Å². The molecule has 0 saturated carbocycles. The normalized spacial score (nSPS) is 18.3. The zero-order valence-corrected chi connectivity index (χ0v) is 23.1. The van der Waals surface area contributed by atoms with Crippen LogP contribution in [0.3, 0.4) is 0 Å². The predicted octanol–water partition coefficient (Wildman–Crippen LogP) is 6.97. The third-order valence-corrected chi connectivity index (χ3v) is 30.4. The van der Waals surface area contributed by atoms with Crippen LogP contribution in [-0.4, -0.2) is 6.94 Å². The van der Waals surface area contributed by atoms with E-state index in [2.05, 4.69) is 56.1 Å². The molecule has 0 atom stereocenters. The van der Waals surface area contributed by atoms with Crippen LogP contribution in [0.25, 0.3) is 0 Å². The molecule has 0 spiro atoms. The minimum absolute atomic E-state index is 0. The largest absolute Gasteiger partial charge is 0.147 e. The Labute approximate surface area is 164 Å². The van der Waals surface area contributed by atoms with Crippen molar-refractivity contribution in [1.82, 2.24) is 0 Å². The van der Waals surface area contributed by atoms with Gasteiger partial charge >= 0.3 is 141 Å². The Morgan fingerprint density at radius 2 is 1.08 bits per heavy atom. The summed E-state index contributed by atoms with van der Waals surface area (Å²) in [6.07, 6.45) is 12.5. The van der Waals surface area contributed by atoms with Gasteiger partial charge < -0.3 is 0 Å². The van der Waals surface area contributed by atoms with E-state index in [-0.39, 0.29) is 24.8 Å². The maximum absolute atomic E-state index is 3.10. The first-order valence-electron chi connectivity index (χ1n) is 9.17. The van der Waals surface area contributed by atoms with Crippen molar-refractivity contribution in [2.24, 2.45) is 0 Å². The van der Waals surface area contributed by atoms with Crippen LogP contribution in [-0.2, 0) is 17.1 Å². The molecule has 0 nitrogen and oxygen atoms in total. The zero-order valence-electron chi connectivity index (χ0n) is 16.4. The minimum Gasteiger partial charge on any atom is -0.147 e. The smallest absolute Gasteiger partial charge is 0.147 e. The molecule has 2 aliphatic carbocycles. The average molecular weight is 554 g/mol. The predicted molar refractivity (Wildman–Crippen MR) is 115 cm³/mol. The third-order valence-electron chi connectivity index (χ3n) is 5.95. The van der Waals surface area contributed by atoms with Crippen molar-refractivity contribution >= 4 is 31.8 Å². The van der Waals surface area contributed by atoms with Crippen LogP contribution in [0.4, 0.5) is 0 Å². The molecular weight excluding hydrogens is 518 g/mol. The van der Waals surface area contributed by atoms with Crippen LogP contribution in [0, 0.1) is 0 Å². The molecule has 0 unspecified atom stereocenters. The Hall–Kier alpha value is 0.627. The van der Waals surface area contributed by atoms with E-state index in [9.17, 15) is 0 Å². The summed E-state index contributed by atoms with van der Waals surface area (Å²) in [6.45, 7) is 11.8. The molecule has 0 N–H and O–H groups in total. The molecule has 24 heavy (non-hydrogen) atoms. The van der Waals surface area contributed by atoms with Gasteiger partial charge in [-0.15, -0.1) is 24.8 Å². The number of halogens is 2. The molecule has 0 bridgehead atoms. The van der Waals surface area contributed by atoms with Gasteiger partial charge in [0.05, 0.1) is 0 Å². The van der Waals surface area contributed by atoms with Crippen LogP contribution in [0.15, 0.2) is 41.1 Å². The van der Waals surface area contributed by atoms with Crippen molar-refractivity contribution in [2.75, 3.05) is 0 Å². The van der Waals surface area contributed by atoms with Crippen LogP contribution in [0.1, 0.15) is 66.2 Å². The zero-order chi connectivity index (χ0) is 16.6. The first kappa shape index (κ1) is 24.6. The molecule has 4 heteroatoms. The summed E-state index contributed by atoms with van der Waals surface area (Å²) in [5, 5.41) is 0. The molecular formula is C20H36Cl2HfSi. The number of allylic oxidation sites excluding steroid dienone is 8. The van der Waals surface area contributed by atoms with Gasteiger partial charge in [0, 0.05) is 0 Å². The average Bonchev–Trinajstić information content (AvgIpc) is 3.11. The number of hydrogen-bond donors (Lipinski definition) is 0. The molecule has 0 amide bonds. The van der Waals surface area contributed by atoms with Gasteiger partial charge in [0.2, 0.25) is 0 Å². The molecule has 0 saturated heterocycles. The van der Waals surface area contributed by atoms with Gasteiger partial charge in [-0.05, 0) is 0 Å². The van der Waals surface area contributed by atoms with Gasteiger partial charge in [-0.2, -0.15) is 0 Å². The Balaban J connectivity index is 0.00000264. The summed E-state index contributed by atoms with van der Waals surface area (Å²) in [6, 6.07) is 0. The van der Waals surface area contributed by atoms with E-state index in [1.54, 1.807) is 22.3 Å². The summed E-state index contributed by atoms with van der Waals surface area (Å²) < 4.78 is 9.23. The Kier molecular flexibility index (Phi) is 9.25. The van der Waals surface area contributed by atoms with E-state index in [0.29, 0.717) is 0 Å². The van der Waals surface area contributed by atoms with Gasteiger partial charge in [-0.1, -0.05) is 0 Å². The quantitative estimate of drug-likeness (QED) is 0.312. The molecule has 0 aliphatic heterocycles. The number of rotatable bonds is 6. The standard InChI is InChI=1S/2C9H13.2CH3.2ClH.Hf.H2Si/c2*1-3-8-5-6-9(4-2)7-8;;;;;;/h2*7H,3-5H2,1-2H3;2*1H3;2*1H;;1H2. The topological polar surface area (TPSA) is 0 Å². The first-order chi connectivity index (χ1) is 10.3. The van der Waals surface area contributed by atoms with Gasteiger partial charge in [0.1, 0.15) is 0 Å². The van der Waals surface area contributed by atoms with E-state index < -0.39 is 17.1 Å². The second-order valence-electron chi connectivity index (χ2n) is 8.07. The summed E-state index contributed by atoms with van der Waals surface area (Å²) in [4.78, 5) is 0. The summed E-state index contributed by atoms with van der Waals surface area (Å²) in [5.74, 6) is 0. The second-order valence-corrected chi connectivity index (χ2v) is 49.1. The van der Waals surface area contributed by atoms with E-state index in [4.69, 9.17) is 0 Å². The molecule has 0 fully saturated rings. The molecule has 0 radical (unpaired) electrons. The van der Waals surface area contributed by atoms with Crippen LogP contribution in [0.5, 0.6) is 0 Å². The maximum Gasteiger partial charge on any atom is -0.147 e. The van der Waals surface area contributed by atoms with Crippen molar-refractivity contribution in [1.29, 1.82) is 0 Å². The third kappa shape index (κ3) is 4.48. The fraction of sp³-hybridized carbons (Fsp3) is 0.600. The second kappa shape index (κ2) is 9.02. The first-order valence-corrected chi connectivity index (χ1v) is 28.3. The monoisotopic (exact) mass is 554 g/mol. The van der Waals surface area contributed by atoms with E-state index >= 15 is 0 Å². The van der Waals surface area contributed by atoms with Gasteiger partial charge in [0.15, 0.2) is 0 Å². The fourth-order valence-electron chi connectivity index (χ4n) is 4.31. The van der Waals surface area contributed by atoms with Gasteiger partial charge in [0.25, 0.3) is 0 Å². The summed E-state index contributed by atoms with van der Waals surface area (Å²) in [7, 11) is 0.